The zero-order valence-electron chi connectivity index (χ0n) is 52.4. The van der Waals surface area contributed by atoms with Crippen molar-refractivity contribution in [3.8, 4) is 22.5 Å². The highest BCUT2D eigenvalue weighted by atomic mass is 28.3. The standard InChI is InChI=1S/C78H80BN3Si/c1-73(2,3)45-26-30-51(31-27-45)80(52-23-21-22-46(38-52)74(4,5)6)61-35-34-58-71-67(61)55-24-19-20-25-60(55)81(71)62-36-37-63-72-68(62)79(58)59-41-49(77(13,14)15)39-56-57-40-50(78(16,17)18)44-66(70(57)82(72)69(56)59)83(63)64-42-47(75(7,8)9)28-32-53(64)54-33-29-48(43-65(54)83)76(10,11)12/h19-44H,1-18H3. The molecule has 4 aliphatic heterocycles. The average Bonchev–Trinajstić information content (AvgIpc) is 1.62. The van der Waals surface area contributed by atoms with E-state index >= 15 is 0 Å². The minimum atomic E-state index is -3.18. The van der Waals surface area contributed by atoms with Gasteiger partial charge in [0.05, 0.1) is 22.2 Å². The molecule has 0 fully saturated rings. The predicted molar refractivity (Wildman–Crippen MR) is 363 cm³/mol. The molecule has 0 atom stereocenters. The first-order chi connectivity index (χ1) is 39.0. The molecule has 2 aromatic heterocycles. The number of hydrogen-bond donors (Lipinski definition) is 0. The summed E-state index contributed by atoms with van der Waals surface area (Å²) in [6.45, 7) is 42.9. The molecule has 414 valence electrons. The van der Waals surface area contributed by atoms with Crippen LogP contribution in [-0.4, -0.2) is 23.9 Å². The van der Waals surface area contributed by atoms with Gasteiger partial charge >= 0.3 is 0 Å². The van der Waals surface area contributed by atoms with Gasteiger partial charge in [-0.05, 0) is 169 Å². The van der Waals surface area contributed by atoms with E-state index in [0.29, 0.717) is 0 Å². The van der Waals surface area contributed by atoms with Crippen LogP contribution in [0.1, 0.15) is 158 Å². The summed E-state index contributed by atoms with van der Waals surface area (Å²) in [5, 5.41) is 11.5. The van der Waals surface area contributed by atoms with Crippen LogP contribution in [0.15, 0.2) is 158 Å². The highest BCUT2D eigenvalue weighted by Gasteiger charge is 2.57. The molecule has 4 aliphatic rings. The zero-order valence-corrected chi connectivity index (χ0v) is 53.4. The Balaban J connectivity index is 1.13. The highest BCUT2D eigenvalue weighted by molar-refractivity contribution is 7.24. The van der Waals surface area contributed by atoms with Crippen molar-refractivity contribution in [2.24, 2.45) is 0 Å². The molecule has 11 aromatic rings. The van der Waals surface area contributed by atoms with Crippen LogP contribution in [0.2, 0.25) is 0 Å². The first-order valence-corrected chi connectivity index (χ1v) is 32.7. The van der Waals surface area contributed by atoms with Crippen molar-refractivity contribution in [3.05, 3.63) is 191 Å². The van der Waals surface area contributed by atoms with Crippen LogP contribution in [0.5, 0.6) is 0 Å². The first-order valence-electron chi connectivity index (χ1n) is 30.7. The second kappa shape index (κ2) is 16.5. The van der Waals surface area contributed by atoms with E-state index in [2.05, 4.69) is 296 Å². The number of benzene rings is 9. The van der Waals surface area contributed by atoms with Gasteiger partial charge in [0.2, 0.25) is 0 Å². The largest absolute Gasteiger partial charge is 0.310 e. The molecule has 0 unspecified atom stereocenters. The molecular weight excluding hydrogens is 1020 g/mol. The molecule has 1 spiro atoms. The monoisotopic (exact) mass is 1100 g/mol. The number of hydrogen-bond acceptors (Lipinski definition) is 1. The smallest absolute Gasteiger partial charge is 0.252 e. The lowest BCUT2D eigenvalue weighted by Crippen LogP contribution is -2.77. The minimum absolute atomic E-state index is 0.0245. The van der Waals surface area contributed by atoms with E-state index in [-0.39, 0.29) is 39.2 Å². The molecule has 6 heterocycles. The minimum Gasteiger partial charge on any atom is -0.310 e. The molecule has 0 saturated carbocycles. The quantitative estimate of drug-likeness (QED) is 0.161. The predicted octanol–water partition coefficient (Wildman–Crippen LogP) is 15.9. The highest BCUT2D eigenvalue weighted by Crippen LogP contribution is 2.49. The summed E-state index contributed by atoms with van der Waals surface area (Å²) in [4.78, 5) is 2.56. The average molecular weight is 1100 g/mol. The Morgan fingerprint density at radius 1 is 0.361 bits per heavy atom. The van der Waals surface area contributed by atoms with Crippen molar-refractivity contribution < 1.29 is 0 Å². The third-order valence-electron chi connectivity index (χ3n) is 20.0. The van der Waals surface area contributed by atoms with Gasteiger partial charge in [-0.25, -0.2) is 0 Å². The number of rotatable bonds is 3. The molecule has 0 aliphatic carbocycles. The van der Waals surface area contributed by atoms with Crippen LogP contribution in [-0.2, 0) is 32.5 Å². The van der Waals surface area contributed by atoms with E-state index < -0.39 is 8.07 Å². The molecule has 83 heavy (non-hydrogen) atoms. The molecule has 0 saturated heterocycles. The van der Waals surface area contributed by atoms with Crippen molar-refractivity contribution in [1.82, 2.24) is 9.13 Å². The number of fused-ring (bicyclic) bond motifs is 14. The Bertz CT molecular complexity index is 4610. The lowest BCUT2D eigenvalue weighted by atomic mass is 9.34. The van der Waals surface area contributed by atoms with Crippen LogP contribution < -0.4 is 42.0 Å². The lowest BCUT2D eigenvalue weighted by Gasteiger charge is -2.43. The molecule has 5 heteroatoms. The summed E-state index contributed by atoms with van der Waals surface area (Å²) in [6.07, 6.45) is 0. The van der Waals surface area contributed by atoms with Crippen molar-refractivity contribution in [2.75, 3.05) is 4.90 Å². The molecule has 0 radical (unpaired) electrons. The lowest BCUT2D eigenvalue weighted by molar-refractivity contribution is 0.590. The summed E-state index contributed by atoms with van der Waals surface area (Å²) in [5.74, 6) is 0. The van der Waals surface area contributed by atoms with Gasteiger partial charge < -0.3 is 14.0 Å². The molecule has 0 bridgehead atoms. The number of para-hydroxylation sites is 1. The fraction of sp³-hybridized carbons (Fsp3) is 0.308. The maximum atomic E-state index is 2.84. The Kier molecular flexibility index (Phi) is 10.4. The van der Waals surface area contributed by atoms with Gasteiger partial charge in [-0.3, -0.25) is 0 Å². The first kappa shape index (κ1) is 52.5. The molecule has 9 aromatic carbocycles. The summed E-state index contributed by atoms with van der Waals surface area (Å²) >= 11 is 0. The van der Waals surface area contributed by atoms with Gasteiger partial charge in [0.25, 0.3) is 6.71 Å². The third-order valence-corrected chi connectivity index (χ3v) is 24.8. The Morgan fingerprint density at radius 2 is 0.904 bits per heavy atom. The summed E-state index contributed by atoms with van der Waals surface area (Å²) in [6, 6.07) is 64.3. The Hall–Kier alpha value is -7.34. The second-order valence-electron chi connectivity index (χ2n) is 31.5. The van der Waals surface area contributed by atoms with Crippen molar-refractivity contribution in [3.63, 3.8) is 0 Å². The maximum Gasteiger partial charge on any atom is 0.252 e. The van der Waals surface area contributed by atoms with Gasteiger partial charge in [-0.2, -0.15) is 0 Å². The van der Waals surface area contributed by atoms with E-state index in [1.54, 1.807) is 15.6 Å². The number of anilines is 3. The topological polar surface area (TPSA) is 13.1 Å². The van der Waals surface area contributed by atoms with Gasteiger partial charge in [0.15, 0.2) is 8.07 Å². The normalized spacial score (nSPS) is 14.9. The van der Waals surface area contributed by atoms with Crippen molar-refractivity contribution in [2.45, 2.75) is 157 Å². The van der Waals surface area contributed by atoms with Gasteiger partial charge in [0, 0.05) is 49.8 Å². The van der Waals surface area contributed by atoms with Crippen LogP contribution in [0, 0.1) is 0 Å². The molecular formula is C78H80BN3Si. The summed E-state index contributed by atoms with van der Waals surface area (Å²) in [5.41, 5.74) is 26.6. The molecule has 0 N–H and O–H groups in total. The van der Waals surface area contributed by atoms with Crippen LogP contribution in [0.4, 0.5) is 17.1 Å². The van der Waals surface area contributed by atoms with Crippen LogP contribution in [0.3, 0.4) is 0 Å². The van der Waals surface area contributed by atoms with Gasteiger partial charge in [-0.1, -0.05) is 228 Å². The Morgan fingerprint density at radius 3 is 1.51 bits per heavy atom. The van der Waals surface area contributed by atoms with E-state index in [4.69, 9.17) is 0 Å². The van der Waals surface area contributed by atoms with E-state index in [9.17, 15) is 0 Å². The van der Waals surface area contributed by atoms with Crippen molar-refractivity contribution >= 4 is 113 Å². The van der Waals surface area contributed by atoms with E-state index in [1.807, 2.05) is 0 Å². The zero-order chi connectivity index (χ0) is 58.4. The number of nitrogens with zero attached hydrogens (tertiary/aromatic N) is 3. The SMILES string of the molecule is CC(C)(C)c1ccc(N(c2cccc(C(C)(C)C)c2)c2ccc3c4c2c2ccccc2n4-c2ccc4c5c2B3c2cc(C(C)(C)C)cc3c6cc(C(C)(C)C)cc(c6n-5c23)[Si]42c3cc(C(C)(C)C)ccc3-c3ccc(C(C)(C)C)cc32)cc1. The van der Waals surface area contributed by atoms with Crippen molar-refractivity contribution in [1.29, 1.82) is 0 Å². The third kappa shape index (κ3) is 7.10. The second-order valence-corrected chi connectivity index (χ2v) is 35.2. The fourth-order valence-electron chi connectivity index (χ4n) is 15.4. The van der Waals surface area contributed by atoms with Crippen LogP contribution in [0.25, 0.3) is 66.1 Å². The van der Waals surface area contributed by atoms with E-state index in [1.165, 1.54) is 132 Å². The fourth-order valence-corrected chi connectivity index (χ4v) is 21.0. The summed E-state index contributed by atoms with van der Waals surface area (Å²) in [7, 11) is -3.18. The van der Waals surface area contributed by atoms with Gasteiger partial charge in [-0.15, -0.1) is 0 Å². The van der Waals surface area contributed by atoms with Crippen LogP contribution >= 0.6 is 0 Å². The molecule has 3 nitrogen and oxygen atoms in total. The van der Waals surface area contributed by atoms with E-state index in [0.717, 1.165) is 5.69 Å². The molecule has 0 amide bonds. The molecule has 15 rings (SSSR count). The summed E-state index contributed by atoms with van der Waals surface area (Å²) < 4.78 is 5.54. The number of aromatic nitrogens is 2. The van der Waals surface area contributed by atoms with Gasteiger partial charge in [0.1, 0.15) is 0 Å². The Labute approximate surface area is 494 Å². The maximum absolute atomic E-state index is 3.18.